The van der Waals surface area contributed by atoms with Crippen molar-refractivity contribution in [3.8, 4) is 0 Å². The first kappa shape index (κ1) is 60.4. The van der Waals surface area contributed by atoms with Gasteiger partial charge in [0.15, 0.2) is 6.10 Å². The molecule has 0 fully saturated rings. The van der Waals surface area contributed by atoms with E-state index < -0.39 is 6.10 Å². The van der Waals surface area contributed by atoms with Gasteiger partial charge >= 0.3 is 17.9 Å². The topological polar surface area (TPSA) is 78.9 Å². The van der Waals surface area contributed by atoms with Crippen LogP contribution in [0.1, 0.15) is 317 Å². The van der Waals surface area contributed by atoms with E-state index in [-0.39, 0.29) is 31.1 Å². The zero-order chi connectivity index (χ0) is 45.2. The summed E-state index contributed by atoms with van der Waals surface area (Å²) in [6, 6.07) is 0. The molecule has 0 radical (unpaired) electrons. The van der Waals surface area contributed by atoms with Crippen molar-refractivity contribution in [2.24, 2.45) is 5.92 Å². The Morgan fingerprint density at radius 1 is 0.323 bits per heavy atom. The lowest BCUT2D eigenvalue weighted by Crippen LogP contribution is -2.30. The minimum atomic E-state index is -0.761. The maximum Gasteiger partial charge on any atom is 0.306 e. The molecule has 1 unspecified atom stereocenters. The predicted molar refractivity (Wildman–Crippen MR) is 266 cm³/mol. The van der Waals surface area contributed by atoms with Crippen LogP contribution >= 0.6 is 0 Å². The lowest BCUT2D eigenvalue weighted by Gasteiger charge is -2.18. The SMILES string of the molecule is CCCCCCCCCCCCCCCCCCCCCC(=O)O[C@H](COC(=O)CCCCCCCCCCCCC)COC(=O)CCCCCCCCCCCCC(C)CC. The number of unbranched alkanes of at least 4 members (excludes halogenated alkanes) is 37. The molecule has 0 heterocycles. The summed E-state index contributed by atoms with van der Waals surface area (Å²) >= 11 is 0. The van der Waals surface area contributed by atoms with Crippen LogP contribution in [-0.4, -0.2) is 37.2 Å². The standard InChI is InChI=1S/C56H108O6/c1-5-8-10-12-14-16-18-19-20-21-22-23-24-25-27-33-37-41-45-49-56(59)62-53(50-60-54(57)47-43-39-35-31-26-17-15-13-11-9-6-2)51-61-55(58)48-44-40-36-32-29-28-30-34-38-42-46-52(4)7-3/h52-53H,5-51H2,1-4H3/t52?,53-/m1/s1. The summed E-state index contributed by atoms with van der Waals surface area (Å²) in [7, 11) is 0. The monoisotopic (exact) mass is 877 g/mol. The van der Waals surface area contributed by atoms with Crippen LogP contribution in [-0.2, 0) is 28.6 Å². The summed E-state index contributed by atoms with van der Waals surface area (Å²) in [5, 5.41) is 0. The number of rotatable bonds is 51. The molecule has 0 aromatic heterocycles. The third-order valence-electron chi connectivity index (χ3n) is 13.2. The zero-order valence-electron chi connectivity index (χ0n) is 42.3. The Labute approximate surface area is 387 Å². The maximum absolute atomic E-state index is 12.8. The van der Waals surface area contributed by atoms with E-state index in [0.717, 1.165) is 63.7 Å². The molecule has 0 aliphatic rings. The van der Waals surface area contributed by atoms with Gasteiger partial charge in [-0.05, 0) is 25.2 Å². The van der Waals surface area contributed by atoms with Crippen molar-refractivity contribution in [3.63, 3.8) is 0 Å². The second-order valence-electron chi connectivity index (χ2n) is 19.5. The summed E-state index contributed by atoms with van der Waals surface area (Å²) in [6.45, 7) is 9.06. The Bertz CT molecular complexity index is 935. The largest absolute Gasteiger partial charge is 0.462 e. The highest BCUT2D eigenvalue weighted by Crippen LogP contribution is 2.18. The van der Waals surface area contributed by atoms with Crippen LogP contribution in [0.3, 0.4) is 0 Å². The van der Waals surface area contributed by atoms with E-state index in [1.165, 1.54) is 212 Å². The Morgan fingerprint density at radius 3 is 0.839 bits per heavy atom. The van der Waals surface area contributed by atoms with Gasteiger partial charge in [0.2, 0.25) is 0 Å². The van der Waals surface area contributed by atoms with Gasteiger partial charge in [0, 0.05) is 19.3 Å². The average Bonchev–Trinajstić information content (AvgIpc) is 3.27. The molecule has 6 heteroatoms. The van der Waals surface area contributed by atoms with E-state index in [9.17, 15) is 14.4 Å². The number of hydrogen-bond donors (Lipinski definition) is 0. The van der Waals surface area contributed by atoms with Gasteiger partial charge in [0.25, 0.3) is 0 Å². The minimum Gasteiger partial charge on any atom is -0.462 e. The van der Waals surface area contributed by atoms with Gasteiger partial charge in [-0.1, -0.05) is 278 Å². The van der Waals surface area contributed by atoms with Crippen LogP contribution in [0.2, 0.25) is 0 Å². The van der Waals surface area contributed by atoms with E-state index in [0.29, 0.717) is 19.3 Å². The van der Waals surface area contributed by atoms with Gasteiger partial charge in [-0.25, -0.2) is 0 Å². The van der Waals surface area contributed by atoms with Crippen molar-refractivity contribution >= 4 is 17.9 Å². The third-order valence-corrected chi connectivity index (χ3v) is 13.2. The van der Waals surface area contributed by atoms with Crippen LogP contribution in [0.15, 0.2) is 0 Å². The van der Waals surface area contributed by atoms with Crippen molar-refractivity contribution in [1.82, 2.24) is 0 Å². The summed E-state index contributed by atoms with van der Waals surface area (Å²) in [5.74, 6) is 0.0292. The fourth-order valence-electron chi connectivity index (χ4n) is 8.54. The third kappa shape index (κ3) is 47.9. The quantitative estimate of drug-likeness (QED) is 0.0344. The maximum atomic E-state index is 12.8. The summed E-state index contributed by atoms with van der Waals surface area (Å²) in [5.41, 5.74) is 0. The first-order valence-electron chi connectivity index (χ1n) is 27.9. The number of carbonyl (C=O) groups is 3. The van der Waals surface area contributed by atoms with Crippen LogP contribution in [0.5, 0.6) is 0 Å². The molecule has 62 heavy (non-hydrogen) atoms. The molecule has 0 aliphatic carbocycles. The lowest BCUT2D eigenvalue weighted by atomic mass is 9.99. The van der Waals surface area contributed by atoms with Crippen molar-refractivity contribution in [1.29, 1.82) is 0 Å². The predicted octanol–water partition coefficient (Wildman–Crippen LogP) is 18.2. The number of ether oxygens (including phenoxy) is 3. The highest BCUT2D eigenvalue weighted by Gasteiger charge is 2.19. The molecule has 0 N–H and O–H groups in total. The summed E-state index contributed by atoms with van der Waals surface area (Å²) < 4.78 is 16.8. The van der Waals surface area contributed by atoms with Gasteiger partial charge in [-0.3, -0.25) is 14.4 Å². The smallest absolute Gasteiger partial charge is 0.306 e. The van der Waals surface area contributed by atoms with Crippen LogP contribution in [0.4, 0.5) is 0 Å². The molecule has 0 rings (SSSR count). The molecule has 0 aromatic carbocycles. The fourth-order valence-corrected chi connectivity index (χ4v) is 8.54. The Morgan fingerprint density at radius 2 is 0.565 bits per heavy atom. The molecule has 0 saturated heterocycles. The molecule has 0 bridgehead atoms. The van der Waals surface area contributed by atoms with Gasteiger partial charge in [0.1, 0.15) is 13.2 Å². The minimum absolute atomic E-state index is 0.0626. The van der Waals surface area contributed by atoms with Crippen molar-refractivity contribution in [3.05, 3.63) is 0 Å². The average molecular weight is 877 g/mol. The summed E-state index contributed by atoms with van der Waals surface area (Å²) in [4.78, 5) is 38.0. The highest BCUT2D eigenvalue weighted by molar-refractivity contribution is 5.71. The first-order chi connectivity index (χ1) is 30.4. The van der Waals surface area contributed by atoms with Gasteiger partial charge in [-0.2, -0.15) is 0 Å². The highest BCUT2D eigenvalue weighted by atomic mass is 16.6. The van der Waals surface area contributed by atoms with E-state index >= 15 is 0 Å². The number of hydrogen-bond acceptors (Lipinski definition) is 6. The normalized spacial score (nSPS) is 12.4. The van der Waals surface area contributed by atoms with Crippen molar-refractivity contribution in [2.45, 2.75) is 323 Å². The van der Waals surface area contributed by atoms with E-state index in [2.05, 4.69) is 27.7 Å². The van der Waals surface area contributed by atoms with E-state index in [4.69, 9.17) is 14.2 Å². The second kappa shape index (κ2) is 50.4. The molecule has 0 aromatic rings. The molecule has 0 saturated carbocycles. The van der Waals surface area contributed by atoms with E-state index in [1.807, 2.05) is 0 Å². The zero-order valence-corrected chi connectivity index (χ0v) is 42.3. The molecular weight excluding hydrogens is 769 g/mol. The summed E-state index contributed by atoms with van der Waals surface area (Å²) in [6.07, 6.45) is 53.7. The van der Waals surface area contributed by atoms with Crippen molar-refractivity contribution < 1.29 is 28.6 Å². The lowest BCUT2D eigenvalue weighted by molar-refractivity contribution is -0.167. The molecule has 0 aliphatic heterocycles. The fraction of sp³-hybridized carbons (Fsp3) is 0.946. The number of carbonyl (C=O) groups excluding carboxylic acids is 3. The molecular formula is C56H108O6. The van der Waals surface area contributed by atoms with Crippen molar-refractivity contribution in [2.75, 3.05) is 13.2 Å². The molecule has 2 atom stereocenters. The molecule has 368 valence electrons. The second-order valence-corrected chi connectivity index (χ2v) is 19.5. The van der Waals surface area contributed by atoms with Crippen LogP contribution in [0, 0.1) is 5.92 Å². The molecule has 6 nitrogen and oxygen atoms in total. The van der Waals surface area contributed by atoms with Gasteiger partial charge in [0.05, 0.1) is 0 Å². The Kier molecular flexibility index (Phi) is 49.1. The first-order valence-corrected chi connectivity index (χ1v) is 27.9. The Hall–Kier alpha value is -1.59. The Balaban J connectivity index is 4.27. The van der Waals surface area contributed by atoms with Crippen LogP contribution in [0.25, 0.3) is 0 Å². The van der Waals surface area contributed by atoms with Crippen LogP contribution < -0.4 is 0 Å². The number of esters is 3. The van der Waals surface area contributed by atoms with Gasteiger partial charge < -0.3 is 14.2 Å². The molecule has 0 spiro atoms. The van der Waals surface area contributed by atoms with Gasteiger partial charge in [-0.15, -0.1) is 0 Å². The molecule has 0 amide bonds. The van der Waals surface area contributed by atoms with E-state index in [1.54, 1.807) is 0 Å².